The van der Waals surface area contributed by atoms with Gasteiger partial charge in [-0.05, 0) is 17.7 Å². The summed E-state index contributed by atoms with van der Waals surface area (Å²) >= 11 is 1.63. The van der Waals surface area contributed by atoms with E-state index in [1.165, 1.54) is 0 Å². The lowest BCUT2D eigenvalue weighted by Gasteiger charge is -2.18. The highest BCUT2D eigenvalue weighted by Crippen LogP contribution is 2.16. The molecule has 0 radical (unpaired) electrons. The van der Waals surface area contributed by atoms with Gasteiger partial charge in [0.2, 0.25) is 0 Å². The Balaban J connectivity index is 1.74. The summed E-state index contributed by atoms with van der Waals surface area (Å²) in [5.74, 6) is 0.699. The zero-order chi connectivity index (χ0) is 18.8. The van der Waals surface area contributed by atoms with Gasteiger partial charge in [0.1, 0.15) is 6.61 Å². The Morgan fingerprint density at radius 1 is 1.35 bits per heavy atom. The van der Waals surface area contributed by atoms with E-state index in [0.717, 1.165) is 17.1 Å². The van der Waals surface area contributed by atoms with Gasteiger partial charge in [-0.2, -0.15) is 11.8 Å². The molecular weight excluding hydrogens is 354 g/mol. The number of hydrogen-bond donors (Lipinski definition) is 2. The predicted octanol–water partition coefficient (Wildman–Crippen LogP) is 2.57. The van der Waals surface area contributed by atoms with E-state index < -0.39 is 12.1 Å². The Hall–Kier alpha value is -1.99. The van der Waals surface area contributed by atoms with Crippen molar-refractivity contribution in [2.45, 2.75) is 31.4 Å². The van der Waals surface area contributed by atoms with Gasteiger partial charge in [-0.25, -0.2) is 4.79 Å². The van der Waals surface area contributed by atoms with Crippen LogP contribution in [0.25, 0.3) is 0 Å². The fourth-order valence-corrected chi connectivity index (χ4v) is 3.53. The summed E-state index contributed by atoms with van der Waals surface area (Å²) < 4.78 is 5.11. The van der Waals surface area contributed by atoms with Crippen LogP contribution < -0.4 is 0 Å². The Bertz CT molecular complexity index is 607. The summed E-state index contributed by atoms with van der Waals surface area (Å²) in [6, 6.07) is 9.56. The van der Waals surface area contributed by atoms with Crippen LogP contribution in [0.2, 0.25) is 0 Å². The second-order valence-electron chi connectivity index (χ2n) is 6.09. The molecule has 1 aliphatic heterocycles. The number of amides is 1. The Kier molecular flexibility index (Phi) is 8.50. The van der Waals surface area contributed by atoms with Crippen molar-refractivity contribution < 1.29 is 24.5 Å². The molecule has 1 aliphatic rings. The molecule has 26 heavy (non-hydrogen) atoms. The smallest absolute Gasteiger partial charge is 0.410 e. The second-order valence-corrected chi connectivity index (χ2v) is 7.31. The molecule has 1 fully saturated rings. The molecule has 2 N–H and O–H groups in total. The van der Waals surface area contributed by atoms with Crippen molar-refractivity contribution in [2.75, 3.05) is 24.7 Å². The van der Waals surface area contributed by atoms with E-state index in [2.05, 4.69) is 0 Å². The zero-order valence-electron chi connectivity index (χ0n) is 14.6. The van der Waals surface area contributed by atoms with Crippen LogP contribution in [0, 0.1) is 0 Å². The molecule has 0 aliphatic carbocycles. The topological polar surface area (TPSA) is 87.1 Å². The quantitative estimate of drug-likeness (QED) is 0.454. The molecule has 1 saturated heterocycles. The van der Waals surface area contributed by atoms with Gasteiger partial charge in [0.25, 0.3) is 0 Å². The summed E-state index contributed by atoms with van der Waals surface area (Å²) in [4.78, 5) is 24.0. The first-order chi connectivity index (χ1) is 12.6. The zero-order valence-corrected chi connectivity index (χ0v) is 15.4. The van der Waals surface area contributed by atoms with Gasteiger partial charge >= 0.3 is 12.1 Å². The highest BCUT2D eigenvalue weighted by molar-refractivity contribution is 7.99. The molecule has 1 aromatic carbocycles. The van der Waals surface area contributed by atoms with Gasteiger partial charge < -0.3 is 14.9 Å². The van der Waals surface area contributed by atoms with Crippen molar-refractivity contribution in [2.24, 2.45) is 0 Å². The van der Waals surface area contributed by atoms with E-state index in [1.807, 2.05) is 36.4 Å². The van der Waals surface area contributed by atoms with Crippen LogP contribution >= 0.6 is 11.8 Å². The van der Waals surface area contributed by atoms with E-state index in [9.17, 15) is 14.7 Å². The number of benzene rings is 1. The first-order valence-corrected chi connectivity index (χ1v) is 9.85. The number of carboxylic acid groups (broad SMARTS) is 1. The second kappa shape index (κ2) is 10.9. The number of carbonyl (C=O) groups excluding carboxylic acids is 1. The number of aliphatic carboxylic acids is 1. The van der Waals surface area contributed by atoms with Gasteiger partial charge in [0.05, 0.1) is 12.1 Å². The van der Waals surface area contributed by atoms with Crippen molar-refractivity contribution in [3.8, 4) is 0 Å². The molecule has 2 atom stereocenters. The van der Waals surface area contributed by atoms with Gasteiger partial charge in [-0.1, -0.05) is 42.5 Å². The fourth-order valence-electron chi connectivity index (χ4n) is 2.65. The highest BCUT2D eigenvalue weighted by Gasteiger charge is 2.30. The number of cyclic esters (lactones) is 1. The van der Waals surface area contributed by atoms with Gasteiger partial charge in [-0.15, -0.1) is 0 Å². The van der Waals surface area contributed by atoms with E-state index >= 15 is 0 Å². The maximum atomic E-state index is 11.8. The van der Waals surface area contributed by atoms with Crippen molar-refractivity contribution >= 4 is 23.8 Å². The van der Waals surface area contributed by atoms with Crippen molar-refractivity contribution in [1.29, 1.82) is 0 Å². The molecule has 0 bridgehead atoms. The third-order valence-corrected chi connectivity index (χ3v) is 5.06. The maximum Gasteiger partial charge on any atom is 0.410 e. The maximum absolute atomic E-state index is 11.8. The van der Waals surface area contributed by atoms with Crippen LogP contribution in [0.1, 0.15) is 18.4 Å². The number of aliphatic hydroxyl groups excluding tert-OH is 1. The van der Waals surface area contributed by atoms with Crippen LogP contribution in [0.15, 0.2) is 42.5 Å². The van der Waals surface area contributed by atoms with Gasteiger partial charge in [0, 0.05) is 25.1 Å². The van der Waals surface area contributed by atoms with Gasteiger partial charge in [0.15, 0.2) is 0 Å². The molecule has 1 heterocycles. The number of aliphatic hydroxyl groups is 1. The minimum absolute atomic E-state index is 0.170. The minimum Gasteiger partial charge on any atom is -0.481 e. The molecule has 2 rings (SSSR count). The molecule has 0 saturated carbocycles. The lowest BCUT2D eigenvalue weighted by Crippen LogP contribution is -2.34. The molecule has 7 heteroatoms. The van der Waals surface area contributed by atoms with Crippen LogP contribution in [0.5, 0.6) is 0 Å². The summed E-state index contributed by atoms with van der Waals surface area (Å²) in [6.07, 6.45) is 3.91. The number of rotatable bonds is 11. The number of carbonyl (C=O) groups is 2. The van der Waals surface area contributed by atoms with Crippen LogP contribution in [0.3, 0.4) is 0 Å². The molecular formula is C19H25NO5S. The van der Waals surface area contributed by atoms with Gasteiger partial charge in [-0.3, -0.25) is 9.69 Å². The molecule has 0 spiro atoms. The monoisotopic (exact) mass is 379 g/mol. The van der Waals surface area contributed by atoms with Crippen LogP contribution in [0.4, 0.5) is 4.79 Å². The Labute approximate surface area is 157 Å². The molecule has 0 aromatic heterocycles. The largest absolute Gasteiger partial charge is 0.481 e. The number of thioether (sulfide) groups is 1. The van der Waals surface area contributed by atoms with E-state index in [4.69, 9.17) is 9.84 Å². The Morgan fingerprint density at radius 3 is 2.85 bits per heavy atom. The molecule has 142 valence electrons. The molecule has 1 aromatic rings. The lowest BCUT2D eigenvalue weighted by molar-refractivity contribution is -0.137. The minimum atomic E-state index is -0.784. The lowest BCUT2D eigenvalue weighted by atomic mass is 10.1. The number of ether oxygens (including phenoxy) is 1. The molecule has 6 nitrogen and oxygen atoms in total. The van der Waals surface area contributed by atoms with Crippen molar-refractivity contribution in [3.63, 3.8) is 0 Å². The normalized spacial score (nSPS) is 18.3. The summed E-state index contributed by atoms with van der Waals surface area (Å²) in [5.41, 5.74) is 1.05. The van der Waals surface area contributed by atoms with Crippen LogP contribution in [-0.4, -0.2) is 64.0 Å². The number of carboxylic acids is 1. The first kappa shape index (κ1) is 20.3. The molecule has 1 amide bonds. The third kappa shape index (κ3) is 7.09. The van der Waals surface area contributed by atoms with E-state index in [1.54, 1.807) is 22.7 Å². The fraction of sp³-hybridized carbons (Fsp3) is 0.474. The van der Waals surface area contributed by atoms with Crippen molar-refractivity contribution in [3.05, 3.63) is 48.0 Å². The molecule has 0 unspecified atom stereocenters. The summed E-state index contributed by atoms with van der Waals surface area (Å²) in [7, 11) is 0. The Morgan fingerprint density at radius 2 is 2.12 bits per heavy atom. The van der Waals surface area contributed by atoms with Crippen LogP contribution in [-0.2, 0) is 16.0 Å². The average Bonchev–Trinajstić information content (AvgIpc) is 2.97. The predicted molar refractivity (Wildman–Crippen MR) is 101 cm³/mol. The first-order valence-electron chi connectivity index (χ1n) is 8.69. The highest BCUT2D eigenvalue weighted by atomic mass is 32.2. The van der Waals surface area contributed by atoms with E-state index in [-0.39, 0.29) is 25.2 Å². The summed E-state index contributed by atoms with van der Waals surface area (Å²) in [5, 5.41) is 18.8. The number of hydrogen-bond acceptors (Lipinski definition) is 5. The summed E-state index contributed by atoms with van der Waals surface area (Å²) in [6.45, 7) is 0.831. The van der Waals surface area contributed by atoms with E-state index in [0.29, 0.717) is 19.4 Å². The standard InChI is InChI=1S/C19H25NO5S/c21-17(13-15-5-2-1-3-6-15)9-8-16-14-25-19(24)20(16)10-12-26-11-4-7-18(22)23/h1-3,5-6,8-9,16-17,21H,4,7,10-14H2,(H,22,23)/b9-8+/t16-,17+/m0/s1. The number of nitrogens with zero attached hydrogens (tertiary/aromatic N) is 1. The SMILES string of the molecule is O=C(O)CCCSCCN1C(=O)OC[C@@H]1/C=C/[C@@H](O)Cc1ccccc1. The van der Waals surface area contributed by atoms with Crippen molar-refractivity contribution in [1.82, 2.24) is 4.90 Å². The third-order valence-electron chi connectivity index (χ3n) is 4.01. The average molecular weight is 379 g/mol.